The third-order valence-corrected chi connectivity index (χ3v) is 6.41. The van der Waals surface area contributed by atoms with E-state index in [0.717, 1.165) is 11.1 Å². The molecule has 2 amide bonds. The first-order valence-electron chi connectivity index (χ1n) is 13.9. The van der Waals surface area contributed by atoms with Crippen molar-refractivity contribution in [2.75, 3.05) is 60.4 Å². The molecule has 0 atom stereocenters. The normalized spacial score (nSPS) is 11.2. The van der Waals surface area contributed by atoms with E-state index in [9.17, 15) is 9.59 Å². The summed E-state index contributed by atoms with van der Waals surface area (Å²) in [5.74, 6) is 2.72. The summed E-state index contributed by atoms with van der Waals surface area (Å²) < 4.78 is 37.5. The lowest BCUT2D eigenvalue weighted by Gasteiger charge is -2.12. The van der Waals surface area contributed by atoms with Crippen molar-refractivity contribution >= 4 is 35.3 Å². The Balaban J connectivity index is 1.68. The summed E-state index contributed by atoms with van der Waals surface area (Å²) in [5.41, 5.74) is 2.31. The lowest BCUT2D eigenvalue weighted by atomic mass is 10.1. The fourth-order valence-electron chi connectivity index (χ4n) is 4.23. The SMILES string of the molecule is COc1ccc(NC(=O)/C=C/C=C/c2cc(OC)c(OC)c(OC)c2)c(NC(=O)/C=C/C=C/c2cc(OC)c(OC)c(OC)c2)c1. The molecule has 3 aromatic carbocycles. The van der Waals surface area contributed by atoms with Crippen LogP contribution in [0.4, 0.5) is 11.4 Å². The average Bonchev–Trinajstić information content (AvgIpc) is 3.08. The van der Waals surface area contributed by atoms with E-state index in [1.807, 2.05) is 0 Å². The zero-order valence-electron chi connectivity index (χ0n) is 26.8. The number of anilines is 2. The minimum Gasteiger partial charge on any atom is -0.497 e. The van der Waals surface area contributed by atoms with Gasteiger partial charge in [-0.05, 0) is 47.5 Å². The maximum Gasteiger partial charge on any atom is 0.248 e. The van der Waals surface area contributed by atoms with Crippen molar-refractivity contribution < 1.29 is 42.7 Å². The van der Waals surface area contributed by atoms with Crippen LogP contribution < -0.4 is 43.8 Å². The minimum atomic E-state index is -0.415. The van der Waals surface area contributed by atoms with Crippen LogP contribution in [-0.2, 0) is 9.59 Å². The third kappa shape index (κ3) is 9.33. The van der Waals surface area contributed by atoms with Crippen molar-refractivity contribution in [1.29, 1.82) is 0 Å². The van der Waals surface area contributed by atoms with E-state index < -0.39 is 11.8 Å². The van der Waals surface area contributed by atoms with Crippen molar-refractivity contribution in [3.8, 4) is 40.2 Å². The monoisotopic (exact) mass is 630 g/mol. The fourth-order valence-corrected chi connectivity index (χ4v) is 4.23. The highest BCUT2D eigenvalue weighted by Gasteiger charge is 2.13. The van der Waals surface area contributed by atoms with Gasteiger partial charge in [-0.3, -0.25) is 9.59 Å². The Hall–Kier alpha value is -5.84. The highest BCUT2D eigenvalue weighted by molar-refractivity contribution is 6.06. The van der Waals surface area contributed by atoms with Crippen LogP contribution in [0.25, 0.3) is 12.2 Å². The summed E-state index contributed by atoms with van der Waals surface area (Å²) in [5, 5.41) is 5.56. The maximum atomic E-state index is 12.7. The number of allylic oxidation sites excluding steroid dienone is 4. The first-order chi connectivity index (χ1) is 22.3. The van der Waals surface area contributed by atoms with Crippen LogP contribution in [0.3, 0.4) is 0 Å². The Morgan fingerprint density at radius 3 is 1.28 bits per heavy atom. The molecule has 0 heterocycles. The topological polar surface area (TPSA) is 123 Å². The summed E-state index contributed by atoms with van der Waals surface area (Å²) >= 11 is 0. The molecule has 0 saturated heterocycles. The number of ether oxygens (including phenoxy) is 7. The second kappa shape index (κ2) is 17.5. The summed E-state index contributed by atoms with van der Waals surface area (Å²) in [6.45, 7) is 0. The van der Waals surface area contributed by atoms with E-state index in [4.69, 9.17) is 33.2 Å². The second-order valence-electron chi connectivity index (χ2n) is 9.24. The molecule has 3 aromatic rings. The van der Waals surface area contributed by atoms with Gasteiger partial charge in [-0.25, -0.2) is 0 Å². The largest absolute Gasteiger partial charge is 0.497 e. The molecule has 0 aromatic heterocycles. The number of amides is 2. The maximum absolute atomic E-state index is 12.7. The number of nitrogens with one attached hydrogen (secondary N) is 2. The fraction of sp³-hybridized carbons (Fsp3) is 0.200. The van der Waals surface area contributed by atoms with E-state index >= 15 is 0 Å². The standard InChI is InChI=1S/C35H38N2O9/c1-40-25-16-17-26(36-32(38)14-10-8-12-23-18-28(41-2)34(45-6)29(19-23)42-3)27(22-25)37-33(39)15-11-9-13-24-20-30(43-4)35(46-7)31(21-24)44-5/h8-22H,1-7H3,(H,36,38)(H,37,39)/b12-8+,13-9+,14-10+,15-11+. The van der Waals surface area contributed by atoms with Crippen molar-refractivity contribution in [2.45, 2.75) is 0 Å². The molecule has 242 valence electrons. The van der Waals surface area contributed by atoms with Crippen LogP contribution in [0.5, 0.6) is 40.2 Å². The second-order valence-corrected chi connectivity index (χ2v) is 9.24. The zero-order valence-corrected chi connectivity index (χ0v) is 26.8. The molecule has 46 heavy (non-hydrogen) atoms. The van der Waals surface area contributed by atoms with Crippen molar-refractivity contribution in [1.82, 2.24) is 0 Å². The van der Waals surface area contributed by atoms with E-state index in [1.165, 1.54) is 61.9 Å². The van der Waals surface area contributed by atoms with Crippen LogP contribution in [-0.4, -0.2) is 61.6 Å². The van der Waals surface area contributed by atoms with Gasteiger partial charge >= 0.3 is 0 Å². The van der Waals surface area contributed by atoms with Gasteiger partial charge in [-0.1, -0.05) is 36.5 Å². The molecule has 0 aliphatic rings. The highest BCUT2D eigenvalue weighted by Crippen LogP contribution is 2.39. The van der Waals surface area contributed by atoms with Gasteiger partial charge in [0.2, 0.25) is 23.3 Å². The molecule has 11 nitrogen and oxygen atoms in total. The number of rotatable bonds is 15. The molecule has 0 aliphatic heterocycles. The zero-order chi connectivity index (χ0) is 33.5. The van der Waals surface area contributed by atoms with Crippen molar-refractivity contribution in [3.63, 3.8) is 0 Å². The molecular formula is C35H38N2O9. The predicted octanol–water partition coefficient (Wildman–Crippen LogP) is 6.16. The molecule has 0 radical (unpaired) electrons. The van der Waals surface area contributed by atoms with Crippen LogP contribution >= 0.6 is 0 Å². The summed E-state index contributed by atoms with van der Waals surface area (Å²) in [6, 6.07) is 12.1. The van der Waals surface area contributed by atoms with Crippen LogP contribution in [0.1, 0.15) is 11.1 Å². The Kier molecular flexibility index (Phi) is 13.1. The number of carbonyl (C=O) groups is 2. The highest BCUT2D eigenvalue weighted by atomic mass is 16.5. The summed E-state index contributed by atoms with van der Waals surface area (Å²) in [4.78, 5) is 25.4. The Labute approximate surface area is 268 Å². The first-order valence-corrected chi connectivity index (χ1v) is 13.9. The average molecular weight is 631 g/mol. The van der Waals surface area contributed by atoms with Gasteiger partial charge in [-0.15, -0.1) is 0 Å². The molecule has 11 heteroatoms. The van der Waals surface area contributed by atoms with Crippen molar-refractivity contribution in [3.05, 3.63) is 90.0 Å². The molecule has 0 spiro atoms. The number of carbonyl (C=O) groups excluding carboxylic acids is 2. The van der Waals surface area contributed by atoms with Crippen LogP contribution in [0, 0.1) is 0 Å². The number of hydrogen-bond donors (Lipinski definition) is 2. The molecule has 2 N–H and O–H groups in total. The number of benzene rings is 3. The lowest BCUT2D eigenvalue weighted by Crippen LogP contribution is -2.13. The predicted molar refractivity (Wildman–Crippen MR) is 179 cm³/mol. The van der Waals surface area contributed by atoms with Gasteiger partial charge in [0.15, 0.2) is 23.0 Å². The summed E-state index contributed by atoms with van der Waals surface area (Å²) in [6.07, 6.45) is 12.9. The Morgan fingerprint density at radius 2 is 0.913 bits per heavy atom. The van der Waals surface area contributed by atoms with E-state index in [2.05, 4.69) is 10.6 Å². The molecule has 0 unspecified atom stereocenters. The van der Waals surface area contributed by atoms with Gasteiger partial charge in [-0.2, -0.15) is 0 Å². The van der Waals surface area contributed by atoms with Gasteiger partial charge < -0.3 is 43.8 Å². The molecule has 0 aliphatic carbocycles. The third-order valence-electron chi connectivity index (χ3n) is 6.41. The number of hydrogen-bond acceptors (Lipinski definition) is 9. The molecule has 0 saturated carbocycles. The van der Waals surface area contributed by atoms with Crippen molar-refractivity contribution in [2.24, 2.45) is 0 Å². The van der Waals surface area contributed by atoms with E-state index in [0.29, 0.717) is 51.6 Å². The molecule has 0 fully saturated rings. The van der Waals surface area contributed by atoms with Gasteiger partial charge in [0, 0.05) is 18.2 Å². The smallest absolute Gasteiger partial charge is 0.248 e. The quantitative estimate of drug-likeness (QED) is 0.150. The Morgan fingerprint density at radius 1 is 0.500 bits per heavy atom. The first kappa shape index (κ1) is 34.6. The molecule has 0 bridgehead atoms. The Bertz CT molecular complexity index is 1590. The lowest BCUT2D eigenvalue weighted by molar-refractivity contribution is -0.112. The van der Waals surface area contributed by atoms with E-state index in [-0.39, 0.29) is 0 Å². The van der Waals surface area contributed by atoms with E-state index in [1.54, 1.807) is 78.9 Å². The molecule has 3 rings (SSSR count). The van der Waals surface area contributed by atoms with Gasteiger partial charge in [0.1, 0.15) is 5.75 Å². The minimum absolute atomic E-state index is 0.359. The number of methoxy groups -OCH3 is 7. The van der Waals surface area contributed by atoms with Gasteiger partial charge in [0.25, 0.3) is 0 Å². The molecular weight excluding hydrogens is 592 g/mol. The van der Waals surface area contributed by atoms with Gasteiger partial charge in [0.05, 0.1) is 61.1 Å². The van der Waals surface area contributed by atoms with Crippen LogP contribution in [0.15, 0.2) is 78.9 Å². The summed E-state index contributed by atoms with van der Waals surface area (Å²) in [7, 11) is 10.7. The van der Waals surface area contributed by atoms with Crippen LogP contribution in [0.2, 0.25) is 0 Å².